The van der Waals surface area contributed by atoms with E-state index >= 15 is 0 Å². The fourth-order valence-electron chi connectivity index (χ4n) is 3.50. The van der Waals surface area contributed by atoms with Crippen molar-refractivity contribution in [2.24, 2.45) is 0 Å². The molecule has 1 N–H and O–H groups in total. The molecule has 0 saturated carbocycles. The molecule has 0 saturated heterocycles. The van der Waals surface area contributed by atoms with E-state index in [1.165, 1.54) is 0 Å². The third-order valence-corrected chi connectivity index (χ3v) is 7.63. The van der Waals surface area contributed by atoms with Gasteiger partial charge >= 0.3 is 4.87 Å². The van der Waals surface area contributed by atoms with Crippen LogP contribution >= 0.6 is 11.3 Å². The van der Waals surface area contributed by atoms with Gasteiger partial charge in [0.1, 0.15) is 5.75 Å². The van der Waals surface area contributed by atoms with E-state index in [4.69, 9.17) is 4.74 Å². The van der Waals surface area contributed by atoms with Gasteiger partial charge in [-0.25, -0.2) is 13.1 Å². The molecular weight excluding hydrogens is 444 g/mol. The molecule has 0 aliphatic carbocycles. The van der Waals surface area contributed by atoms with Crippen LogP contribution in [0.5, 0.6) is 5.75 Å². The van der Waals surface area contributed by atoms with Crippen LogP contribution in [0.3, 0.4) is 0 Å². The van der Waals surface area contributed by atoms with Gasteiger partial charge in [-0.2, -0.15) is 0 Å². The van der Waals surface area contributed by atoms with Crippen molar-refractivity contribution < 1.29 is 13.2 Å². The number of hydrogen-bond donors (Lipinski definition) is 1. The zero-order valence-corrected chi connectivity index (χ0v) is 19.3. The number of aromatic nitrogens is 1. The zero-order chi connectivity index (χ0) is 22.6. The highest BCUT2D eigenvalue weighted by Crippen LogP contribution is 2.22. The summed E-state index contributed by atoms with van der Waals surface area (Å²) in [5, 5.41) is 0. The minimum absolute atomic E-state index is 0.106. The standard InChI is InChI=1S/C24H24N2O4S2/c1-30-20-11-9-18(10-12-20)8-5-15-25-32(28,29)21-13-14-22-23(16-21)31-24(27)26(22)17-19-6-3-2-4-7-19/h2-4,6-7,9-14,16,25H,5,8,15,17H2,1H3. The van der Waals surface area contributed by atoms with Crippen molar-refractivity contribution in [1.29, 1.82) is 0 Å². The quantitative estimate of drug-likeness (QED) is 0.376. The normalized spacial score (nSPS) is 11.7. The van der Waals surface area contributed by atoms with Crippen LogP contribution in [0, 0.1) is 0 Å². The molecule has 1 heterocycles. The van der Waals surface area contributed by atoms with Crippen LogP contribution in [-0.2, 0) is 23.0 Å². The highest BCUT2D eigenvalue weighted by Gasteiger charge is 2.16. The highest BCUT2D eigenvalue weighted by molar-refractivity contribution is 7.89. The van der Waals surface area contributed by atoms with Crippen molar-refractivity contribution >= 4 is 31.6 Å². The zero-order valence-electron chi connectivity index (χ0n) is 17.7. The van der Waals surface area contributed by atoms with Gasteiger partial charge in [0, 0.05) is 6.54 Å². The number of sulfonamides is 1. The lowest BCUT2D eigenvalue weighted by atomic mass is 10.1. The first-order valence-corrected chi connectivity index (χ1v) is 12.6. The third kappa shape index (κ3) is 5.09. The molecule has 0 fully saturated rings. The SMILES string of the molecule is COc1ccc(CCCNS(=O)(=O)c2ccc3c(c2)sc(=O)n3Cc2ccccc2)cc1. The van der Waals surface area contributed by atoms with Crippen molar-refractivity contribution in [2.45, 2.75) is 24.3 Å². The molecule has 0 unspecified atom stereocenters. The Morgan fingerprint density at radius 3 is 2.44 bits per heavy atom. The van der Waals surface area contributed by atoms with E-state index in [-0.39, 0.29) is 9.77 Å². The monoisotopic (exact) mass is 468 g/mol. The predicted octanol–water partition coefficient (Wildman–Crippen LogP) is 4.03. The van der Waals surface area contributed by atoms with E-state index in [1.54, 1.807) is 29.9 Å². The van der Waals surface area contributed by atoms with Crippen LogP contribution in [0.2, 0.25) is 0 Å². The van der Waals surface area contributed by atoms with Gasteiger partial charge in [-0.15, -0.1) is 0 Å². The molecule has 0 aliphatic heterocycles. The van der Waals surface area contributed by atoms with Gasteiger partial charge < -0.3 is 4.74 Å². The average molecular weight is 469 g/mol. The summed E-state index contributed by atoms with van der Waals surface area (Å²) in [6.07, 6.45) is 1.43. The fraction of sp³-hybridized carbons (Fsp3) is 0.208. The number of nitrogens with zero attached hydrogens (tertiary/aromatic N) is 1. The van der Waals surface area contributed by atoms with Crippen molar-refractivity contribution in [2.75, 3.05) is 13.7 Å². The summed E-state index contributed by atoms with van der Waals surface area (Å²) in [4.78, 5) is 12.6. The third-order valence-electron chi connectivity index (χ3n) is 5.23. The molecule has 3 aromatic carbocycles. The van der Waals surface area contributed by atoms with Crippen molar-refractivity contribution in [1.82, 2.24) is 9.29 Å². The Labute approximate surface area is 191 Å². The lowest BCUT2D eigenvalue weighted by Gasteiger charge is -2.08. The smallest absolute Gasteiger partial charge is 0.308 e. The number of benzene rings is 3. The number of ether oxygens (including phenoxy) is 1. The Morgan fingerprint density at radius 2 is 1.72 bits per heavy atom. The highest BCUT2D eigenvalue weighted by atomic mass is 32.2. The molecular formula is C24H24N2O4S2. The number of methoxy groups -OCH3 is 1. The summed E-state index contributed by atoms with van der Waals surface area (Å²) in [6, 6.07) is 22.3. The van der Waals surface area contributed by atoms with E-state index in [2.05, 4.69) is 4.72 Å². The second-order valence-electron chi connectivity index (χ2n) is 7.42. The maximum absolute atomic E-state index is 12.7. The molecule has 0 atom stereocenters. The van der Waals surface area contributed by atoms with Crippen molar-refractivity contribution in [3.63, 3.8) is 0 Å². The van der Waals surface area contributed by atoms with E-state index < -0.39 is 10.0 Å². The Morgan fingerprint density at radius 1 is 0.969 bits per heavy atom. The van der Waals surface area contributed by atoms with Crippen LogP contribution in [0.1, 0.15) is 17.5 Å². The second-order valence-corrected chi connectivity index (χ2v) is 10.2. The van der Waals surface area contributed by atoms with Gasteiger partial charge in [0.05, 0.1) is 28.8 Å². The van der Waals surface area contributed by atoms with Crippen LogP contribution in [0.25, 0.3) is 10.2 Å². The summed E-state index contributed by atoms with van der Waals surface area (Å²) >= 11 is 1.06. The van der Waals surface area contributed by atoms with Crippen LogP contribution < -0.4 is 14.3 Å². The second kappa shape index (κ2) is 9.68. The van der Waals surface area contributed by atoms with Gasteiger partial charge in [0.15, 0.2) is 0 Å². The molecule has 4 rings (SSSR count). The largest absolute Gasteiger partial charge is 0.497 e. The molecule has 4 aromatic rings. The van der Waals surface area contributed by atoms with Crippen molar-refractivity contribution in [3.05, 3.63) is 93.6 Å². The minimum Gasteiger partial charge on any atom is -0.497 e. The number of thiazole rings is 1. The molecule has 32 heavy (non-hydrogen) atoms. The first-order chi connectivity index (χ1) is 15.5. The average Bonchev–Trinajstić information content (AvgIpc) is 3.12. The Bertz CT molecular complexity index is 1360. The Balaban J connectivity index is 1.43. The summed E-state index contributed by atoms with van der Waals surface area (Å²) in [5.41, 5.74) is 2.88. The van der Waals surface area contributed by atoms with Gasteiger partial charge in [-0.05, 0) is 54.3 Å². The lowest BCUT2D eigenvalue weighted by molar-refractivity contribution is 0.414. The molecule has 6 nitrogen and oxygen atoms in total. The van der Waals surface area contributed by atoms with Crippen molar-refractivity contribution in [3.8, 4) is 5.75 Å². The summed E-state index contributed by atoms with van der Waals surface area (Å²) in [5.74, 6) is 0.796. The number of aryl methyl sites for hydroxylation is 1. The minimum atomic E-state index is -3.65. The molecule has 0 radical (unpaired) electrons. The van der Waals surface area contributed by atoms with E-state index in [0.29, 0.717) is 24.2 Å². The summed E-state index contributed by atoms with van der Waals surface area (Å²) in [7, 11) is -2.03. The fourth-order valence-corrected chi connectivity index (χ4v) is 5.61. The molecule has 0 spiro atoms. The van der Waals surface area contributed by atoms with E-state index in [0.717, 1.165) is 40.2 Å². The maximum atomic E-state index is 12.7. The number of hydrogen-bond acceptors (Lipinski definition) is 5. The van der Waals surface area contributed by atoms with Gasteiger partial charge in [-0.3, -0.25) is 9.36 Å². The van der Waals surface area contributed by atoms with Gasteiger partial charge in [-0.1, -0.05) is 53.8 Å². The molecule has 0 bridgehead atoms. The van der Waals surface area contributed by atoms with Gasteiger partial charge in [0.25, 0.3) is 0 Å². The summed E-state index contributed by atoms with van der Waals surface area (Å²) < 4.78 is 35.6. The topological polar surface area (TPSA) is 77.4 Å². The number of rotatable bonds is 9. The Kier molecular flexibility index (Phi) is 6.74. The predicted molar refractivity (Wildman–Crippen MR) is 128 cm³/mol. The number of fused-ring (bicyclic) bond motifs is 1. The van der Waals surface area contributed by atoms with E-state index in [9.17, 15) is 13.2 Å². The van der Waals surface area contributed by atoms with Crippen LogP contribution in [-0.4, -0.2) is 26.6 Å². The Hall–Kier alpha value is -2.94. The summed E-state index contributed by atoms with van der Waals surface area (Å²) in [6.45, 7) is 0.785. The van der Waals surface area contributed by atoms with E-state index in [1.807, 2.05) is 54.6 Å². The molecule has 0 aliphatic rings. The number of nitrogens with one attached hydrogen (secondary N) is 1. The van der Waals surface area contributed by atoms with Gasteiger partial charge in [0.2, 0.25) is 10.0 Å². The van der Waals surface area contributed by atoms with Crippen LogP contribution in [0.4, 0.5) is 0 Å². The maximum Gasteiger partial charge on any atom is 0.308 e. The molecule has 0 amide bonds. The lowest BCUT2D eigenvalue weighted by Crippen LogP contribution is -2.25. The molecule has 166 valence electrons. The molecule has 1 aromatic heterocycles. The molecule has 8 heteroatoms. The first kappa shape index (κ1) is 22.3. The van der Waals surface area contributed by atoms with Crippen LogP contribution in [0.15, 0.2) is 82.5 Å². The first-order valence-electron chi connectivity index (χ1n) is 10.3.